The number of fused-ring (bicyclic) bond motifs is 1. The molecule has 2 aromatic carbocycles. The van der Waals surface area contributed by atoms with Crippen molar-refractivity contribution in [3.8, 4) is 11.1 Å². The molecule has 0 unspecified atom stereocenters. The molecule has 4 rings (SSSR count). The smallest absolute Gasteiger partial charge is 0.249 e. The Labute approximate surface area is 167 Å². The summed E-state index contributed by atoms with van der Waals surface area (Å²) >= 11 is 5.89. The highest BCUT2D eigenvalue weighted by Gasteiger charge is 2.33. The molecule has 10 heteroatoms. The molecule has 0 aliphatic carbocycles. The Morgan fingerprint density at radius 3 is 2.59 bits per heavy atom. The average molecular weight is 421 g/mol. The van der Waals surface area contributed by atoms with Crippen molar-refractivity contribution in [2.75, 3.05) is 10.6 Å². The van der Waals surface area contributed by atoms with Gasteiger partial charge in [-0.25, -0.2) is 17.9 Å². The minimum absolute atomic E-state index is 0.258. The molecule has 2 amide bonds. The number of carbonyl (C=O) groups is 2. The lowest BCUT2D eigenvalue weighted by atomic mass is 10.1. The Kier molecular flexibility index (Phi) is 4.75. The van der Waals surface area contributed by atoms with Gasteiger partial charge in [0.25, 0.3) is 0 Å². The summed E-state index contributed by atoms with van der Waals surface area (Å²) in [7, 11) is 0. The maximum Gasteiger partial charge on any atom is 0.249 e. The van der Waals surface area contributed by atoms with E-state index in [4.69, 9.17) is 11.6 Å². The Bertz CT molecular complexity index is 1130. The molecule has 1 atom stereocenters. The zero-order valence-electron chi connectivity index (χ0n) is 14.5. The minimum Gasteiger partial charge on any atom is -0.322 e. The zero-order valence-corrected chi connectivity index (χ0v) is 15.3. The summed E-state index contributed by atoms with van der Waals surface area (Å²) in [4.78, 5) is 24.8. The van der Waals surface area contributed by atoms with Gasteiger partial charge in [0, 0.05) is 10.6 Å². The number of benzene rings is 2. The third-order valence-electron chi connectivity index (χ3n) is 4.48. The molecular formula is C19H12ClF3N4O2. The molecule has 1 aromatic heterocycles. The molecule has 29 heavy (non-hydrogen) atoms. The van der Waals surface area contributed by atoms with Crippen LogP contribution in [-0.4, -0.2) is 21.6 Å². The van der Waals surface area contributed by atoms with Gasteiger partial charge in [0.2, 0.25) is 11.8 Å². The molecule has 1 aliphatic heterocycles. The Balaban J connectivity index is 1.67. The van der Waals surface area contributed by atoms with Crippen LogP contribution in [0, 0.1) is 17.5 Å². The van der Waals surface area contributed by atoms with E-state index in [1.807, 2.05) is 0 Å². The molecule has 6 nitrogen and oxygen atoms in total. The number of hydrogen-bond acceptors (Lipinski definition) is 3. The van der Waals surface area contributed by atoms with E-state index >= 15 is 0 Å². The quantitative estimate of drug-likeness (QED) is 0.625. The molecule has 1 aliphatic rings. The van der Waals surface area contributed by atoms with Crippen LogP contribution >= 0.6 is 11.6 Å². The third kappa shape index (κ3) is 3.44. The van der Waals surface area contributed by atoms with Gasteiger partial charge in [0.1, 0.15) is 11.9 Å². The molecule has 0 fully saturated rings. The predicted octanol–water partition coefficient (Wildman–Crippen LogP) is 4.14. The Hall–Kier alpha value is -3.33. The predicted molar refractivity (Wildman–Crippen MR) is 99.9 cm³/mol. The van der Waals surface area contributed by atoms with E-state index in [0.29, 0.717) is 22.2 Å². The number of aromatic nitrogens is 2. The van der Waals surface area contributed by atoms with Crippen LogP contribution in [0.1, 0.15) is 12.5 Å². The Morgan fingerprint density at radius 1 is 1.14 bits per heavy atom. The molecule has 0 saturated carbocycles. The standard InChI is InChI=1S/C19H12ClF3N4O2/c20-10-3-1-9(2-4-10)11-8-24-27-14(7-15(28)26-18(11)27)19(29)25-13-6-5-12(21)16(22)17(13)23/h1-6,8,14H,7H2,(H,25,29)(H,26,28)/t14-/m0/s1. The van der Waals surface area contributed by atoms with Crippen molar-refractivity contribution in [3.63, 3.8) is 0 Å². The van der Waals surface area contributed by atoms with Crippen LogP contribution in [0.3, 0.4) is 0 Å². The first-order valence-electron chi connectivity index (χ1n) is 8.43. The van der Waals surface area contributed by atoms with Crippen LogP contribution in [0.5, 0.6) is 0 Å². The Morgan fingerprint density at radius 2 is 1.86 bits per heavy atom. The average Bonchev–Trinajstić information content (AvgIpc) is 3.12. The number of nitrogens with one attached hydrogen (secondary N) is 2. The molecule has 2 heterocycles. The van der Waals surface area contributed by atoms with Crippen molar-refractivity contribution in [2.24, 2.45) is 0 Å². The van der Waals surface area contributed by atoms with Crippen LogP contribution in [0.2, 0.25) is 5.02 Å². The number of hydrogen-bond donors (Lipinski definition) is 2. The molecule has 0 spiro atoms. The first kappa shape index (κ1) is 19.0. The van der Waals surface area contributed by atoms with Crippen molar-refractivity contribution in [3.05, 3.63) is 65.1 Å². The van der Waals surface area contributed by atoms with Gasteiger partial charge in [0.15, 0.2) is 17.5 Å². The van der Waals surface area contributed by atoms with E-state index in [-0.39, 0.29) is 12.2 Å². The number of halogens is 4. The molecule has 148 valence electrons. The van der Waals surface area contributed by atoms with Crippen molar-refractivity contribution < 1.29 is 22.8 Å². The fourth-order valence-corrected chi connectivity index (χ4v) is 3.18. The second-order valence-electron chi connectivity index (χ2n) is 6.34. The van der Waals surface area contributed by atoms with Crippen LogP contribution in [-0.2, 0) is 9.59 Å². The zero-order chi connectivity index (χ0) is 20.7. The summed E-state index contributed by atoms with van der Waals surface area (Å²) in [5, 5.41) is 9.55. The van der Waals surface area contributed by atoms with E-state index < -0.39 is 41.0 Å². The van der Waals surface area contributed by atoms with E-state index in [1.165, 1.54) is 10.9 Å². The highest BCUT2D eigenvalue weighted by molar-refractivity contribution is 6.30. The fourth-order valence-electron chi connectivity index (χ4n) is 3.05. The maximum absolute atomic E-state index is 13.9. The topological polar surface area (TPSA) is 76.0 Å². The monoisotopic (exact) mass is 420 g/mol. The number of rotatable bonds is 3. The minimum atomic E-state index is -1.70. The van der Waals surface area contributed by atoms with Gasteiger partial charge in [-0.1, -0.05) is 23.7 Å². The third-order valence-corrected chi connectivity index (χ3v) is 4.73. The summed E-state index contributed by atoms with van der Waals surface area (Å²) < 4.78 is 41.7. The van der Waals surface area contributed by atoms with E-state index in [0.717, 1.165) is 6.07 Å². The molecule has 2 N–H and O–H groups in total. The van der Waals surface area contributed by atoms with Crippen LogP contribution in [0.4, 0.5) is 24.7 Å². The van der Waals surface area contributed by atoms with Crippen molar-refractivity contribution >= 4 is 34.9 Å². The molecule has 0 radical (unpaired) electrons. The number of carbonyl (C=O) groups excluding carboxylic acids is 2. The lowest BCUT2D eigenvalue weighted by Crippen LogP contribution is -2.36. The SMILES string of the molecule is O=C1C[C@@H](C(=O)Nc2ccc(F)c(F)c2F)n2ncc(-c3ccc(Cl)cc3)c2N1. The number of nitrogens with zero attached hydrogens (tertiary/aromatic N) is 2. The molecule has 3 aromatic rings. The first-order valence-corrected chi connectivity index (χ1v) is 8.80. The van der Waals surface area contributed by atoms with Crippen molar-refractivity contribution in [1.82, 2.24) is 9.78 Å². The maximum atomic E-state index is 13.9. The second kappa shape index (κ2) is 7.25. The summed E-state index contributed by atoms with van der Waals surface area (Å²) in [6.07, 6.45) is 1.22. The summed E-state index contributed by atoms with van der Waals surface area (Å²) in [5.41, 5.74) is 0.738. The lowest BCUT2D eigenvalue weighted by molar-refractivity contribution is -0.125. The van der Waals surface area contributed by atoms with Crippen LogP contribution in [0.25, 0.3) is 11.1 Å². The lowest BCUT2D eigenvalue weighted by Gasteiger charge is -2.24. The van der Waals surface area contributed by atoms with E-state index in [2.05, 4.69) is 15.7 Å². The molecular weight excluding hydrogens is 409 g/mol. The highest BCUT2D eigenvalue weighted by atomic mass is 35.5. The van der Waals surface area contributed by atoms with Crippen molar-refractivity contribution in [1.29, 1.82) is 0 Å². The van der Waals surface area contributed by atoms with E-state index in [9.17, 15) is 22.8 Å². The number of amides is 2. The van der Waals surface area contributed by atoms with Crippen LogP contribution in [0.15, 0.2) is 42.6 Å². The fraction of sp³-hybridized carbons (Fsp3) is 0.105. The molecule has 0 saturated heterocycles. The van der Waals surface area contributed by atoms with Crippen LogP contribution < -0.4 is 10.6 Å². The molecule has 0 bridgehead atoms. The normalized spacial score (nSPS) is 15.6. The van der Waals surface area contributed by atoms with Crippen molar-refractivity contribution in [2.45, 2.75) is 12.5 Å². The van der Waals surface area contributed by atoms with Gasteiger partial charge in [-0.15, -0.1) is 0 Å². The largest absolute Gasteiger partial charge is 0.322 e. The summed E-state index contributed by atoms with van der Waals surface area (Å²) in [6, 6.07) is 7.28. The summed E-state index contributed by atoms with van der Waals surface area (Å²) in [5.74, 6) is -5.56. The van der Waals surface area contributed by atoms with E-state index in [1.54, 1.807) is 24.3 Å². The summed E-state index contributed by atoms with van der Waals surface area (Å²) in [6.45, 7) is 0. The first-order chi connectivity index (χ1) is 13.8. The van der Waals surface area contributed by atoms with Gasteiger partial charge in [0.05, 0.1) is 18.3 Å². The second-order valence-corrected chi connectivity index (χ2v) is 6.78. The number of anilines is 2. The van der Waals surface area contributed by atoms with Gasteiger partial charge in [-0.3, -0.25) is 9.59 Å². The van der Waals surface area contributed by atoms with Gasteiger partial charge in [-0.05, 0) is 29.8 Å². The van der Waals surface area contributed by atoms with Gasteiger partial charge in [-0.2, -0.15) is 5.10 Å². The highest BCUT2D eigenvalue weighted by Crippen LogP contribution is 2.35. The van der Waals surface area contributed by atoms with Gasteiger partial charge < -0.3 is 10.6 Å². The van der Waals surface area contributed by atoms with Gasteiger partial charge >= 0.3 is 0 Å².